The molecule has 0 spiro atoms. The van der Waals surface area contributed by atoms with Crippen molar-refractivity contribution < 1.29 is 9.47 Å². The first-order valence-electron chi connectivity index (χ1n) is 12.5. The molecule has 0 unspecified atom stereocenters. The number of aromatic nitrogens is 2. The third-order valence-electron chi connectivity index (χ3n) is 6.96. The van der Waals surface area contributed by atoms with E-state index in [0.29, 0.717) is 23.5 Å². The molecule has 3 aromatic rings. The van der Waals surface area contributed by atoms with Crippen molar-refractivity contribution in [3.05, 3.63) is 65.2 Å². The number of thiocarbonyl (C=S) groups is 1. The lowest BCUT2D eigenvalue weighted by atomic mass is 10.0. The summed E-state index contributed by atoms with van der Waals surface area (Å²) in [6, 6.07) is 16.6. The van der Waals surface area contributed by atoms with Gasteiger partial charge in [0.05, 0.1) is 0 Å². The Hall–Kier alpha value is -3.59. The second kappa shape index (κ2) is 9.81. The number of nitrogens with one attached hydrogen (secondary N) is 2. The summed E-state index contributed by atoms with van der Waals surface area (Å²) >= 11 is 5.60. The van der Waals surface area contributed by atoms with Crippen LogP contribution in [0.25, 0.3) is 0 Å². The summed E-state index contributed by atoms with van der Waals surface area (Å²) in [4.78, 5) is 14.4. The Morgan fingerprint density at radius 1 is 1.00 bits per heavy atom. The van der Waals surface area contributed by atoms with E-state index in [2.05, 4.69) is 57.7 Å². The summed E-state index contributed by atoms with van der Waals surface area (Å²) in [6.45, 7) is 6.82. The molecule has 0 saturated carbocycles. The number of hydrogen-bond donors (Lipinski definition) is 2. The van der Waals surface area contributed by atoms with Crippen LogP contribution >= 0.6 is 12.2 Å². The highest BCUT2D eigenvalue weighted by Gasteiger charge is 2.24. The van der Waals surface area contributed by atoms with E-state index < -0.39 is 0 Å². The molecule has 1 aromatic heterocycles. The van der Waals surface area contributed by atoms with E-state index in [4.69, 9.17) is 31.7 Å². The van der Waals surface area contributed by atoms with Gasteiger partial charge in [-0.05, 0) is 59.8 Å². The van der Waals surface area contributed by atoms with Crippen molar-refractivity contribution in [2.24, 2.45) is 5.92 Å². The summed E-state index contributed by atoms with van der Waals surface area (Å²) < 4.78 is 10.9. The first-order valence-corrected chi connectivity index (χ1v) is 12.9. The van der Waals surface area contributed by atoms with Gasteiger partial charge in [-0.1, -0.05) is 37.3 Å². The van der Waals surface area contributed by atoms with Gasteiger partial charge in [0.15, 0.2) is 16.6 Å². The Balaban J connectivity index is 1.19. The van der Waals surface area contributed by atoms with Crippen molar-refractivity contribution in [3.8, 4) is 11.5 Å². The van der Waals surface area contributed by atoms with Gasteiger partial charge in [-0.15, -0.1) is 0 Å². The molecule has 3 aliphatic rings. The van der Waals surface area contributed by atoms with Gasteiger partial charge in [0.25, 0.3) is 0 Å². The fourth-order valence-corrected chi connectivity index (χ4v) is 5.24. The number of rotatable bonds is 5. The maximum Gasteiger partial charge on any atom is 0.232 e. The van der Waals surface area contributed by atoms with E-state index in [1.807, 2.05) is 18.2 Å². The number of nitrogens with zero attached hydrogens (tertiary/aromatic N) is 4. The Bertz CT molecular complexity index is 1260. The van der Waals surface area contributed by atoms with Crippen LogP contribution in [-0.4, -0.2) is 35.0 Å². The monoisotopic (exact) mass is 502 g/mol. The highest BCUT2D eigenvalue weighted by Crippen LogP contribution is 2.33. The number of anilines is 3. The lowest BCUT2D eigenvalue weighted by Gasteiger charge is -2.32. The fraction of sp³-hybridized carbons (Fsp3) is 0.370. The molecule has 0 bridgehead atoms. The zero-order valence-electron chi connectivity index (χ0n) is 20.4. The Labute approximate surface area is 216 Å². The van der Waals surface area contributed by atoms with Gasteiger partial charge in [-0.3, -0.25) is 0 Å². The molecule has 2 aromatic carbocycles. The van der Waals surface area contributed by atoms with Crippen LogP contribution in [-0.2, 0) is 19.6 Å². The van der Waals surface area contributed by atoms with Crippen LogP contribution < -0.4 is 29.9 Å². The van der Waals surface area contributed by atoms with Gasteiger partial charge in [0.2, 0.25) is 12.7 Å². The van der Waals surface area contributed by atoms with Crippen molar-refractivity contribution in [3.63, 3.8) is 0 Å². The molecule has 1 fully saturated rings. The topological polar surface area (TPSA) is 74.8 Å². The van der Waals surface area contributed by atoms with Gasteiger partial charge in [0, 0.05) is 38.8 Å². The molecule has 36 heavy (non-hydrogen) atoms. The van der Waals surface area contributed by atoms with E-state index in [9.17, 15) is 0 Å². The molecule has 3 aliphatic heterocycles. The lowest BCUT2D eigenvalue weighted by molar-refractivity contribution is 0.174. The van der Waals surface area contributed by atoms with Crippen LogP contribution in [0.5, 0.6) is 11.5 Å². The molecule has 2 N–H and O–H groups in total. The van der Waals surface area contributed by atoms with Gasteiger partial charge >= 0.3 is 0 Å². The van der Waals surface area contributed by atoms with E-state index >= 15 is 0 Å². The highest BCUT2D eigenvalue weighted by atomic mass is 32.1. The van der Waals surface area contributed by atoms with Crippen LogP contribution in [0.15, 0.2) is 48.5 Å². The molecule has 0 radical (unpaired) electrons. The molecule has 4 heterocycles. The van der Waals surface area contributed by atoms with E-state index in [1.165, 1.54) is 24.0 Å². The van der Waals surface area contributed by atoms with Crippen molar-refractivity contribution >= 4 is 34.9 Å². The Morgan fingerprint density at radius 2 is 1.75 bits per heavy atom. The second-order valence-corrected chi connectivity index (χ2v) is 10.1. The van der Waals surface area contributed by atoms with Crippen LogP contribution in [0.2, 0.25) is 0 Å². The predicted octanol–water partition coefficient (Wildman–Crippen LogP) is 4.45. The zero-order valence-corrected chi connectivity index (χ0v) is 21.2. The largest absolute Gasteiger partial charge is 0.454 e. The lowest BCUT2D eigenvalue weighted by Crippen LogP contribution is -2.35. The minimum absolute atomic E-state index is 0.264. The van der Waals surface area contributed by atoms with Gasteiger partial charge in [-0.25, -0.2) is 0 Å². The van der Waals surface area contributed by atoms with Gasteiger partial charge in [0.1, 0.15) is 11.6 Å². The number of hydrogen-bond acceptors (Lipinski definition) is 7. The van der Waals surface area contributed by atoms with Crippen molar-refractivity contribution in [2.75, 3.05) is 35.0 Å². The number of benzene rings is 2. The summed E-state index contributed by atoms with van der Waals surface area (Å²) in [5.41, 5.74) is 3.75. The first kappa shape index (κ1) is 22.8. The second-order valence-electron chi connectivity index (χ2n) is 9.72. The standard InChI is InChI=1S/C27H30N6O2S/c1-18-5-4-10-32(14-18)24-12-25(33-15-20-6-2-3-7-21(20)16-33)30-26(29-24)31-27(36)28-13-19-8-9-22-23(11-19)35-17-34-22/h2-3,6-9,11-12,18H,4-5,10,13-17H2,1H3,(H2,28,29,30,31,36)/t18-/m0/s1. The smallest absolute Gasteiger partial charge is 0.232 e. The minimum Gasteiger partial charge on any atom is -0.454 e. The highest BCUT2D eigenvalue weighted by molar-refractivity contribution is 7.80. The Kier molecular flexibility index (Phi) is 6.23. The predicted molar refractivity (Wildman–Crippen MR) is 145 cm³/mol. The maximum atomic E-state index is 5.60. The molecule has 0 amide bonds. The molecule has 6 rings (SSSR count). The van der Waals surface area contributed by atoms with Gasteiger partial charge < -0.3 is 29.9 Å². The van der Waals surface area contributed by atoms with Crippen LogP contribution in [0.1, 0.15) is 36.5 Å². The van der Waals surface area contributed by atoms with Crippen molar-refractivity contribution in [1.82, 2.24) is 15.3 Å². The number of ether oxygens (including phenoxy) is 2. The first-order chi connectivity index (χ1) is 17.6. The average Bonchev–Trinajstić information content (AvgIpc) is 3.54. The molecule has 186 valence electrons. The van der Waals surface area contributed by atoms with E-state index in [-0.39, 0.29) is 6.79 Å². The molecular formula is C27H30N6O2S. The molecule has 1 atom stereocenters. The zero-order chi connectivity index (χ0) is 24.5. The fourth-order valence-electron chi connectivity index (χ4n) is 5.07. The van der Waals surface area contributed by atoms with Crippen molar-refractivity contribution in [1.29, 1.82) is 0 Å². The summed E-state index contributed by atoms with van der Waals surface area (Å²) in [6.07, 6.45) is 2.43. The average molecular weight is 503 g/mol. The molecular weight excluding hydrogens is 472 g/mol. The molecule has 1 saturated heterocycles. The van der Waals surface area contributed by atoms with Crippen molar-refractivity contribution in [2.45, 2.75) is 39.4 Å². The number of piperidine rings is 1. The summed E-state index contributed by atoms with van der Waals surface area (Å²) in [5.74, 6) is 4.55. The maximum absolute atomic E-state index is 5.60. The van der Waals surface area contributed by atoms with Crippen LogP contribution in [0.4, 0.5) is 17.6 Å². The van der Waals surface area contributed by atoms with E-state index in [0.717, 1.165) is 54.9 Å². The Morgan fingerprint density at radius 3 is 2.53 bits per heavy atom. The molecule has 0 aliphatic carbocycles. The van der Waals surface area contributed by atoms with Crippen LogP contribution in [0, 0.1) is 5.92 Å². The molecule has 9 heteroatoms. The third kappa shape index (κ3) is 4.88. The minimum atomic E-state index is 0.264. The summed E-state index contributed by atoms with van der Waals surface area (Å²) in [7, 11) is 0. The summed E-state index contributed by atoms with van der Waals surface area (Å²) in [5, 5.41) is 6.97. The quantitative estimate of drug-likeness (QED) is 0.492. The normalized spacial score (nSPS) is 18.2. The third-order valence-corrected chi connectivity index (χ3v) is 7.21. The SMILES string of the molecule is C[C@H]1CCCN(c2cc(N3Cc4ccccc4C3)nc(NC(=S)NCc3ccc4c(c3)OCO4)n2)C1. The van der Waals surface area contributed by atoms with Gasteiger partial charge in [-0.2, -0.15) is 9.97 Å². The van der Waals surface area contributed by atoms with Crippen LogP contribution in [0.3, 0.4) is 0 Å². The van der Waals surface area contributed by atoms with E-state index in [1.54, 1.807) is 0 Å². The molecule has 8 nitrogen and oxygen atoms in total. The number of fused-ring (bicyclic) bond motifs is 2.